The second-order valence-corrected chi connectivity index (χ2v) is 7.93. The maximum Gasteiger partial charge on any atom is 0.318 e. The van der Waals surface area contributed by atoms with Crippen LogP contribution in [-0.2, 0) is 25.8 Å². The number of nitrogens with one attached hydrogen (secondary N) is 1. The van der Waals surface area contributed by atoms with E-state index in [0.29, 0.717) is 25.4 Å². The highest BCUT2D eigenvalue weighted by Crippen LogP contribution is 2.31. The van der Waals surface area contributed by atoms with E-state index in [-0.39, 0.29) is 12.1 Å². The molecule has 2 amide bonds. The summed E-state index contributed by atoms with van der Waals surface area (Å²) >= 11 is 0. The lowest BCUT2D eigenvalue weighted by Crippen LogP contribution is -2.46. The zero-order valence-corrected chi connectivity index (χ0v) is 15.9. The summed E-state index contributed by atoms with van der Waals surface area (Å²) in [5.74, 6) is 1.33. The van der Waals surface area contributed by atoms with Crippen LogP contribution in [0.2, 0.25) is 0 Å². The molecular weight excluding hydrogens is 340 g/mol. The monoisotopic (exact) mass is 366 g/mol. The van der Waals surface area contributed by atoms with E-state index in [2.05, 4.69) is 29.1 Å². The largest absolute Gasteiger partial charge is 0.390 e. The lowest BCUT2D eigenvalue weighted by atomic mass is 10.1. The zero-order valence-electron chi connectivity index (χ0n) is 15.9. The third-order valence-electron chi connectivity index (χ3n) is 5.36. The Bertz CT molecular complexity index is 852. The molecule has 0 radical (unpaired) electrons. The van der Waals surface area contributed by atoms with Crippen molar-refractivity contribution >= 4 is 6.03 Å². The SMILES string of the molecule is CC(C)Cc1ncc2c(n1)CN(C(=O)N[C@H]1c3ccccc3C[C@@H]1O)CC2. The van der Waals surface area contributed by atoms with Crippen molar-refractivity contribution in [3.8, 4) is 0 Å². The Morgan fingerprint density at radius 3 is 2.96 bits per heavy atom. The summed E-state index contributed by atoms with van der Waals surface area (Å²) < 4.78 is 0. The van der Waals surface area contributed by atoms with Crippen LogP contribution in [0.5, 0.6) is 0 Å². The number of fused-ring (bicyclic) bond motifs is 2. The Kier molecular flexibility index (Phi) is 4.83. The van der Waals surface area contributed by atoms with Crippen LogP contribution in [0.4, 0.5) is 4.79 Å². The minimum atomic E-state index is -0.580. The number of carbonyl (C=O) groups excluding carboxylic acids is 1. The number of amides is 2. The Morgan fingerprint density at radius 1 is 1.33 bits per heavy atom. The Balaban J connectivity index is 1.47. The van der Waals surface area contributed by atoms with Gasteiger partial charge in [-0.25, -0.2) is 14.8 Å². The number of benzene rings is 1. The van der Waals surface area contributed by atoms with Gasteiger partial charge in [0.2, 0.25) is 0 Å². The van der Waals surface area contributed by atoms with Gasteiger partial charge in [0.05, 0.1) is 24.4 Å². The third-order valence-corrected chi connectivity index (χ3v) is 5.36. The standard InChI is InChI=1S/C21H26N4O2/c1-13(2)9-19-22-11-15-7-8-25(12-17(15)23-19)21(27)24-20-16-6-4-3-5-14(16)10-18(20)26/h3-6,11,13,18,20,26H,7-10,12H2,1-2H3,(H,24,27)/t18-,20-/m0/s1. The van der Waals surface area contributed by atoms with Crippen molar-refractivity contribution in [3.63, 3.8) is 0 Å². The first-order valence-electron chi connectivity index (χ1n) is 9.66. The van der Waals surface area contributed by atoms with Crippen molar-refractivity contribution in [2.45, 2.75) is 51.8 Å². The molecule has 1 aromatic carbocycles. The van der Waals surface area contributed by atoms with E-state index in [1.165, 1.54) is 0 Å². The molecule has 1 aliphatic carbocycles. The first-order valence-corrected chi connectivity index (χ1v) is 9.66. The molecule has 0 bridgehead atoms. The first-order chi connectivity index (χ1) is 13.0. The smallest absolute Gasteiger partial charge is 0.318 e. The topological polar surface area (TPSA) is 78.4 Å². The molecule has 6 nitrogen and oxygen atoms in total. The molecule has 142 valence electrons. The zero-order chi connectivity index (χ0) is 19.0. The van der Waals surface area contributed by atoms with Gasteiger partial charge in [0.1, 0.15) is 5.82 Å². The van der Waals surface area contributed by atoms with E-state index in [9.17, 15) is 9.90 Å². The van der Waals surface area contributed by atoms with E-state index in [4.69, 9.17) is 0 Å². The fraction of sp³-hybridized carbons (Fsp3) is 0.476. The summed E-state index contributed by atoms with van der Waals surface area (Å²) in [6.45, 7) is 5.41. The average molecular weight is 366 g/mol. The van der Waals surface area contributed by atoms with Gasteiger partial charge in [-0.1, -0.05) is 38.1 Å². The van der Waals surface area contributed by atoms with Gasteiger partial charge in [-0.3, -0.25) is 0 Å². The van der Waals surface area contributed by atoms with Crippen LogP contribution in [-0.4, -0.2) is 38.7 Å². The van der Waals surface area contributed by atoms with E-state index in [1.807, 2.05) is 30.5 Å². The molecule has 2 aromatic rings. The molecule has 2 atom stereocenters. The molecule has 2 aliphatic rings. The fourth-order valence-electron chi connectivity index (χ4n) is 3.95. The summed E-state index contributed by atoms with van der Waals surface area (Å²) in [6, 6.07) is 7.40. The molecule has 0 saturated carbocycles. The van der Waals surface area contributed by atoms with Crippen LogP contribution in [0.3, 0.4) is 0 Å². The molecule has 2 N–H and O–H groups in total. The molecule has 0 saturated heterocycles. The Labute approximate surface area is 159 Å². The van der Waals surface area contributed by atoms with Gasteiger partial charge in [0.15, 0.2) is 0 Å². The number of hydrogen-bond acceptors (Lipinski definition) is 4. The third kappa shape index (κ3) is 3.67. The van der Waals surface area contributed by atoms with Crippen molar-refractivity contribution in [3.05, 3.63) is 58.7 Å². The second kappa shape index (κ2) is 7.27. The minimum absolute atomic E-state index is 0.148. The van der Waals surface area contributed by atoms with Gasteiger partial charge in [-0.15, -0.1) is 0 Å². The molecule has 1 aliphatic heterocycles. The van der Waals surface area contributed by atoms with Crippen LogP contribution in [0.15, 0.2) is 30.5 Å². The number of aliphatic hydroxyl groups is 1. The summed E-state index contributed by atoms with van der Waals surface area (Å²) in [7, 11) is 0. The van der Waals surface area contributed by atoms with Crippen molar-refractivity contribution in [2.75, 3.05) is 6.54 Å². The van der Waals surface area contributed by atoms with Crippen LogP contribution in [0.25, 0.3) is 0 Å². The average Bonchev–Trinajstić information content (AvgIpc) is 2.96. The maximum atomic E-state index is 12.8. The van der Waals surface area contributed by atoms with Gasteiger partial charge >= 0.3 is 6.03 Å². The number of urea groups is 1. The highest BCUT2D eigenvalue weighted by atomic mass is 16.3. The van der Waals surface area contributed by atoms with E-state index in [1.54, 1.807) is 4.90 Å². The van der Waals surface area contributed by atoms with Crippen LogP contribution >= 0.6 is 0 Å². The Hall–Kier alpha value is -2.47. The predicted octanol–water partition coefficient (Wildman–Crippen LogP) is 2.40. The minimum Gasteiger partial charge on any atom is -0.390 e. The van der Waals surface area contributed by atoms with Crippen LogP contribution in [0.1, 0.15) is 48.1 Å². The molecule has 0 unspecified atom stereocenters. The summed E-state index contributed by atoms with van der Waals surface area (Å²) in [4.78, 5) is 23.8. The molecule has 2 heterocycles. The van der Waals surface area contributed by atoms with Crippen molar-refractivity contribution < 1.29 is 9.90 Å². The highest BCUT2D eigenvalue weighted by Gasteiger charge is 2.33. The molecule has 6 heteroatoms. The lowest BCUT2D eigenvalue weighted by Gasteiger charge is -2.30. The van der Waals surface area contributed by atoms with Gasteiger partial charge in [0.25, 0.3) is 0 Å². The second-order valence-electron chi connectivity index (χ2n) is 7.93. The van der Waals surface area contributed by atoms with Crippen molar-refractivity contribution in [1.82, 2.24) is 20.2 Å². The predicted molar refractivity (Wildman–Crippen MR) is 102 cm³/mol. The van der Waals surface area contributed by atoms with Gasteiger partial charge in [0, 0.05) is 25.6 Å². The van der Waals surface area contributed by atoms with Gasteiger partial charge in [-0.05, 0) is 29.0 Å². The quantitative estimate of drug-likeness (QED) is 0.874. The number of aromatic nitrogens is 2. The molecular formula is C21H26N4O2. The summed E-state index contributed by atoms with van der Waals surface area (Å²) in [5, 5.41) is 13.4. The number of carbonyl (C=O) groups is 1. The lowest BCUT2D eigenvalue weighted by molar-refractivity contribution is 0.132. The van der Waals surface area contributed by atoms with E-state index >= 15 is 0 Å². The normalized spacial score (nSPS) is 21.1. The maximum absolute atomic E-state index is 12.8. The van der Waals surface area contributed by atoms with Crippen molar-refractivity contribution in [2.24, 2.45) is 5.92 Å². The van der Waals surface area contributed by atoms with Crippen LogP contribution in [0, 0.1) is 5.92 Å². The molecule has 0 spiro atoms. The van der Waals surface area contributed by atoms with Gasteiger partial charge in [-0.2, -0.15) is 0 Å². The van der Waals surface area contributed by atoms with Crippen LogP contribution < -0.4 is 5.32 Å². The fourth-order valence-corrected chi connectivity index (χ4v) is 3.95. The number of hydrogen-bond donors (Lipinski definition) is 2. The highest BCUT2D eigenvalue weighted by molar-refractivity contribution is 5.75. The number of rotatable bonds is 3. The molecule has 27 heavy (non-hydrogen) atoms. The molecule has 4 rings (SSSR count). The first kappa shape index (κ1) is 17.9. The molecule has 1 aromatic heterocycles. The van der Waals surface area contributed by atoms with E-state index in [0.717, 1.165) is 41.1 Å². The Morgan fingerprint density at radius 2 is 2.15 bits per heavy atom. The molecule has 0 fully saturated rings. The van der Waals surface area contributed by atoms with Gasteiger partial charge < -0.3 is 15.3 Å². The number of aliphatic hydroxyl groups excluding tert-OH is 1. The summed E-state index contributed by atoms with van der Waals surface area (Å²) in [6.07, 6.45) is 3.50. The van der Waals surface area contributed by atoms with E-state index < -0.39 is 6.10 Å². The summed E-state index contributed by atoms with van der Waals surface area (Å²) in [5.41, 5.74) is 4.18. The van der Waals surface area contributed by atoms with Crippen molar-refractivity contribution in [1.29, 1.82) is 0 Å². The number of nitrogens with zero attached hydrogens (tertiary/aromatic N) is 3.